The number of benzene rings is 1. The molecular weight excluding hydrogens is 868 g/mol. The van der Waals surface area contributed by atoms with Crippen LogP contribution in [0.4, 0.5) is 0 Å². The SMILES string of the molecule is CCCCC(CC)Cc1ccc(-c2nc3c(-c4cc[c]([Sn]([CH3])([CH3])[CH3])s4)c4sc(-c5ccc(CC(CC)CCCC)s5)nc4c(-c4ccc(C)s4)c3s2)s1. The Hall–Kier alpha value is -1.40. The van der Waals surface area contributed by atoms with Crippen LogP contribution >= 0.6 is 68.0 Å². The Morgan fingerprint density at radius 1 is 0.547 bits per heavy atom. The van der Waals surface area contributed by atoms with Crippen LogP contribution in [0.25, 0.3) is 61.1 Å². The van der Waals surface area contributed by atoms with E-state index in [1.54, 1.807) is 2.89 Å². The van der Waals surface area contributed by atoms with Crippen molar-refractivity contribution in [1.82, 2.24) is 9.97 Å². The maximum absolute atomic E-state index is 5.63. The van der Waals surface area contributed by atoms with Gasteiger partial charge in [-0.05, 0) is 0 Å². The molecule has 6 heterocycles. The summed E-state index contributed by atoms with van der Waals surface area (Å²) in [6.45, 7) is 11.6. The molecule has 0 amide bonds. The minimum absolute atomic E-state index is 0.763. The molecule has 2 atom stereocenters. The second-order valence-corrected chi connectivity index (χ2v) is 37.9. The number of aromatic nitrogens is 2. The average Bonchev–Trinajstić information content (AvgIpc) is 3.99. The van der Waals surface area contributed by atoms with Gasteiger partial charge in [0.25, 0.3) is 0 Å². The summed E-state index contributed by atoms with van der Waals surface area (Å²) in [5.74, 6) is 1.53. The van der Waals surface area contributed by atoms with Crippen molar-refractivity contribution >= 4 is 110 Å². The van der Waals surface area contributed by atoms with E-state index in [0.717, 1.165) is 32.9 Å². The molecule has 1 aromatic carbocycles. The van der Waals surface area contributed by atoms with Crippen molar-refractivity contribution in [3.05, 3.63) is 63.2 Å². The molecule has 2 unspecified atom stereocenters. The summed E-state index contributed by atoms with van der Waals surface area (Å²) >= 11 is 9.32. The van der Waals surface area contributed by atoms with Gasteiger partial charge in [-0.1, -0.05) is 79.1 Å². The third kappa shape index (κ3) is 8.79. The van der Waals surface area contributed by atoms with Gasteiger partial charge in [-0.2, -0.15) is 0 Å². The van der Waals surface area contributed by atoms with Crippen LogP contribution in [0.15, 0.2) is 48.5 Å². The molecule has 0 radical (unpaired) electrons. The van der Waals surface area contributed by atoms with Gasteiger partial charge < -0.3 is 0 Å². The van der Waals surface area contributed by atoms with Gasteiger partial charge >= 0.3 is 270 Å². The van der Waals surface area contributed by atoms with E-state index in [4.69, 9.17) is 9.97 Å². The summed E-state index contributed by atoms with van der Waals surface area (Å²) in [6, 6.07) is 18.9. The van der Waals surface area contributed by atoms with Crippen molar-refractivity contribution < 1.29 is 0 Å². The van der Waals surface area contributed by atoms with Crippen molar-refractivity contribution in [2.24, 2.45) is 11.8 Å². The van der Waals surface area contributed by atoms with E-state index in [9.17, 15) is 0 Å². The summed E-state index contributed by atoms with van der Waals surface area (Å²) in [5, 5.41) is 2.30. The number of aryl methyl sites for hydroxylation is 1. The number of unbranched alkanes of at least 4 members (excludes halogenated alkanes) is 2. The van der Waals surface area contributed by atoms with Crippen LogP contribution in [0.3, 0.4) is 0 Å². The zero-order chi connectivity index (χ0) is 37.3. The van der Waals surface area contributed by atoms with Crippen LogP contribution in [-0.2, 0) is 12.8 Å². The molecule has 0 bridgehead atoms. The van der Waals surface area contributed by atoms with Crippen molar-refractivity contribution in [1.29, 1.82) is 0 Å². The van der Waals surface area contributed by atoms with Gasteiger partial charge in [0, 0.05) is 0 Å². The standard InChI is InChI=1S/C41H45N2S6.3CH3.Sn/c1-6-10-13-26(8-3)23-28-17-20-32(46-28)40-42-36-34(30-15-12-22-44-30)38-37(35(39(36)49-40)31-19-16-25(5)45-31)43-41(48-38)33-21-18-29(47-33)24-27(9-4)14-11-7-2;;;;/h12,15-21,26-27H,6-11,13-14,23-24H2,1-5H3;3*1H3;. The predicted molar refractivity (Wildman–Crippen MR) is 248 cm³/mol. The second kappa shape index (κ2) is 17.4. The van der Waals surface area contributed by atoms with Crippen LogP contribution in [0.5, 0.6) is 0 Å². The zero-order valence-electron chi connectivity index (χ0n) is 32.7. The first-order valence-corrected chi connectivity index (χ1v) is 34.6. The van der Waals surface area contributed by atoms with E-state index in [2.05, 4.69) is 98.0 Å². The fourth-order valence-electron chi connectivity index (χ4n) is 7.31. The van der Waals surface area contributed by atoms with Crippen LogP contribution in [0, 0.1) is 18.8 Å². The maximum atomic E-state index is 5.63. The summed E-state index contributed by atoms with van der Waals surface area (Å²) in [4.78, 5) is 28.4. The Kier molecular flexibility index (Phi) is 13.1. The van der Waals surface area contributed by atoms with E-state index in [1.165, 1.54) is 119 Å². The number of rotatable bonds is 17. The number of fused-ring (bicyclic) bond motifs is 2. The molecule has 0 saturated heterocycles. The molecule has 0 aliphatic rings. The van der Waals surface area contributed by atoms with E-state index in [-0.39, 0.29) is 0 Å². The number of thiazole rings is 2. The molecule has 0 saturated carbocycles. The molecule has 7 aromatic rings. The Balaban J connectivity index is 1.39. The predicted octanol–water partition coefficient (Wildman–Crippen LogP) is 16.2. The molecule has 280 valence electrons. The fraction of sp³-hybridized carbons (Fsp3) is 0.455. The molecule has 7 rings (SSSR count). The third-order valence-electron chi connectivity index (χ3n) is 10.6. The van der Waals surface area contributed by atoms with Gasteiger partial charge in [-0.25, -0.2) is 0 Å². The summed E-state index contributed by atoms with van der Waals surface area (Å²) in [7, 11) is 0. The normalized spacial score (nSPS) is 13.5. The third-order valence-corrected chi connectivity index (χ3v) is 26.9. The number of hydrogen-bond donors (Lipinski definition) is 0. The first-order chi connectivity index (χ1) is 25.6. The summed E-state index contributed by atoms with van der Waals surface area (Å²) < 4.78 is 4.19. The first-order valence-electron chi connectivity index (χ1n) is 19.7. The van der Waals surface area contributed by atoms with Gasteiger partial charge in [0.15, 0.2) is 0 Å². The fourth-order valence-corrected chi connectivity index (χ4v) is 19.3. The van der Waals surface area contributed by atoms with E-state index < -0.39 is 18.4 Å². The van der Waals surface area contributed by atoms with Crippen molar-refractivity contribution in [2.75, 3.05) is 0 Å². The monoisotopic (exact) mass is 922 g/mol. The van der Waals surface area contributed by atoms with Gasteiger partial charge in [-0.3, -0.25) is 0 Å². The molecule has 0 fully saturated rings. The Morgan fingerprint density at radius 2 is 1.02 bits per heavy atom. The topological polar surface area (TPSA) is 25.8 Å². The Bertz CT molecular complexity index is 2170. The molecule has 0 aliphatic carbocycles. The number of nitrogens with zero attached hydrogens (tertiary/aromatic N) is 2. The van der Waals surface area contributed by atoms with Gasteiger partial charge in [0.05, 0.1) is 0 Å². The molecule has 2 nitrogen and oxygen atoms in total. The molecular formula is C44H54N2S6Sn. The van der Waals surface area contributed by atoms with Gasteiger partial charge in [0.2, 0.25) is 0 Å². The summed E-state index contributed by atoms with van der Waals surface area (Å²) in [5.41, 5.74) is 4.88. The van der Waals surface area contributed by atoms with E-state index >= 15 is 0 Å². The first kappa shape index (κ1) is 39.8. The second-order valence-electron chi connectivity index (χ2n) is 15.7. The van der Waals surface area contributed by atoms with Crippen LogP contribution < -0.4 is 2.89 Å². The quantitative estimate of drug-likeness (QED) is 0.0851. The molecule has 9 heteroatoms. The zero-order valence-corrected chi connectivity index (χ0v) is 40.4. The Labute approximate surface area is 345 Å². The number of thiophene rings is 4. The van der Waals surface area contributed by atoms with E-state index in [0.29, 0.717) is 0 Å². The van der Waals surface area contributed by atoms with Crippen LogP contribution in [0.1, 0.15) is 93.7 Å². The minimum atomic E-state index is -2.29. The van der Waals surface area contributed by atoms with Crippen LogP contribution in [0.2, 0.25) is 14.8 Å². The van der Waals surface area contributed by atoms with Crippen LogP contribution in [-0.4, -0.2) is 28.3 Å². The molecule has 0 N–H and O–H groups in total. The molecule has 53 heavy (non-hydrogen) atoms. The Morgan fingerprint density at radius 3 is 1.43 bits per heavy atom. The number of hydrogen-bond acceptors (Lipinski definition) is 8. The summed E-state index contributed by atoms with van der Waals surface area (Å²) in [6.07, 6.45) is 12.7. The van der Waals surface area contributed by atoms with Crippen molar-refractivity contribution in [3.8, 4) is 40.7 Å². The van der Waals surface area contributed by atoms with Gasteiger partial charge in [0.1, 0.15) is 0 Å². The van der Waals surface area contributed by atoms with Crippen molar-refractivity contribution in [3.63, 3.8) is 0 Å². The molecule has 0 aliphatic heterocycles. The van der Waals surface area contributed by atoms with Crippen molar-refractivity contribution in [2.45, 2.75) is 114 Å². The van der Waals surface area contributed by atoms with E-state index in [1.807, 2.05) is 68.0 Å². The van der Waals surface area contributed by atoms with Gasteiger partial charge in [-0.15, -0.1) is 0 Å². The molecule has 6 aromatic heterocycles. The molecule has 0 spiro atoms. The average molecular weight is 922 g/mol.